The number of amides is 1. The first-order valence-corrected chi connectivity index (χ1v) is 7.62. The van der Waals surface area contributed by atoms with Crippen molar-refractivity contribution in [1.82, 2.24) is 4.90 Å². The Morgan fingerprint density at radius 2 is 1.85 bits per heavy atom. The van der Waals surface area contributed by atoms with E-state index >= 15 is 0 Å². The summed E-state index contributed by atoms with van der Waals surface area (Å²) in [7, 11) is 0. The largest absolute Gasteiger partial charge is 0.481 e. The number of carbonyl (C=O) groups excluding carboxylic acids is 1. The molecule has 1 spiro atoms. The smallest absolute Gasteiger partial charge is 0.306 e. The number of nitrogens with two attached hydrogens (primary N) is 1. The van der Waals surface area contributed by atoms with Crippen molar-refractivity contribution in [1.29, 1.82) is 0 Å². The lowest BCUT2D eigenvalue weighted by Crippen LogP contribution is -2.46. The summed E-state index contributed by atoms with van der Waals surface area (Å²) in [6.45, 7) is 5.47. The van der Waals surface area contributed by atoms with Crippen LogP contribution in [0.1, 0.15) is 46.0 Å². The van der Waals surface area contributed by atoms with Crippen LogP contribution in [-0.4, -0.2) is 41.0 Å². The number of carbonyl (C=O) groups is 2. The molecule has 0 unspecified atom stereocenters. The van der Waals surface area contributed by atoms with Gasteiger partial charge in [0.15, 0.2) is 0 Å². The second-order valence-corrected chi connectivity index (χ2v) is 6.89. The zero-order chi connectivity index (χ0) is 14.9. The lowest BCUT2D eigenvalue weighted by molar-refractivity contribution is -0.144. The van der Waals surface area contributed by atoms with Crippen molar-refractivity contribution in [3.05, 3.63) is 0 Å². The molecule has 0 bridgehead atoms. The van der Waals surface area contributed by atoms with Crippen molar-refractivity contribution in [2.75, 3.05) is 13.1 Å². The van der Waals surface area contributed by atoms with E-state index in [0.717, 1.165) is 45.2 Å². The highest BCUT2D eigenvalue weighted by Gasteiger charge is 2.44. The van der Waals surface area contributed by atoms with Crippen LogP contribution in [0.2, 0.25) is 0 Å². The molecule has 5 heteroatoms. The highest BCUT2D eigenvalue weighted by Crippen LogP contribution is 2.45. The molecule has 1 saturated heterocycles. The molecule has 5 nitrogen and oxygen atoms in total. The average Bonchev–Trinajstić information content (AvgIpc) is 2.81. The van der Waals surface area contributed by atoms with Gasteiger partial charge < -0.3 is 15.7 Å². The number of hydrogen-bond acceptors (Lipinski definition) is 3. The molecule has 2 rings (SSSR count). The molecule has 3 N–H and O–H groups in total. The van der Waals surface area contributed by atoms with Gasteiger partial charge in [0.05, 0.1) is 12.0 Å². The molecule has 0 aromatic carbocycles. The van der Waals surface area contributed by atoms with E-state index in [9.17, 15) is 9.59 Å². The second-order valence-electron chi connectivity index (χ2n) is 6.89. The molecule has 2 aliphatic rings. The van der Waals surface area contributed by atoms with E-state index < -0.39 is 12.0 Å². The Morgan fingerprint density at radius 3 is 2.35 bits per heavy atom. The molecule has 2 fully saturated rings. The number of carboxylic acid groups (broad SMARTS) is 1. The van der Waals surface area contributed by atoms with E-state index in [4.69, 9.17) is 10.8 Å². The van der Waals surface area contributed by atoms with Crippen LogP contribution < -0.4 is 5.73 Å². The Hall–Kier alpha value is -1.10. The normalized spacial score (nSPS) is 31.8. The van der Waals surface area contributed by atoms with Gasteiger partial charge in [-0.25, -0.2) is 0 Å². The highest BCUT2D eigenvalue weighted by atomic mass is 16.4. The fraction of sp³-hybridized carbons (Fsp3) is 0.867. The molecule has 20 heavy (non-hydrogen) atoms. The van der Waals surface area contributed by atoms with Crippen LogP contribution in [0.4, 0.5) is 0 Å². The zero-order valence-corrected chi connectivity index (χ0v) is 12.5. The van der Waals surface area contributed by atoms with Gasteiger partial charge in [-0.1, -0.05) is 13.8 Å². The Morgan fingerprint density at radius 1 is 1.25 bits per heavy atom. The van der Waals surface area contributed by atoms with Crippen LogP contribution in [0.5, 0.6) is 0 Å². The first kappa shape index (κ1) is 15.3. The van der Waals surface area contributed by atoms with Crippen LogP contribution in [0.25, 0.3) is 0 Å². The van der Waals surface area contributed by atoms with Crippen molar-refractivity contribution in [3.63, 3.8) is 0 Å². The molecular weight excluding hydrogens is 256 g/mol. The van der Waals surface area contributed by atoms with Crippen molar-refractivity contribution in [3.8, 4) is 0 Å². The van der Waals surface area contributed by atoms with Crippen LogP contribution in [-0.2, 0) is 9.59 Å². The number of carboxylic acids is 1. The SMILES string of the molecule is CC(C)[C@@H](N)C(=O)N1CCC2(CCC(C(=O)O)CC2)C1. The third kappa shape index (κ3) is 2.97. The number of hydrogen-bond donors (Lipinski definition) is 2. The molecule has 114 valence electrons. The predicted octanol–water partition coefficient (Wildman–Crippen LogP) is 1.46. The molecular formula is C15H26N2O3. The molecule has 0 radical (unpaired) electrons. The van der Waals surface area contributed by atoms with E-state index in [1.165, 1.54) is 0 Å². The van der Waals surface area contributed by atoms with Gasteiger partial charge in [-0.3, -0.25) is 9.59 Å². The fourth-order valence-electron chi connectivity index (χ4n) is 3.50. The molecule has 1 atom stereocenters. The molecule has 0 aromatic heterocycles. The summed E-state index contributed by atoms with van der Waals surface area (Å²) in [6.07, 6.45) is 4.33. The van der Waals surface area contributed by atoms with Gasteiger partial charge >= 0.3 is 5.97 Å². The van der Waals surface area contributed by atoms with E-state index in [0.29, 0.717) is 0 Å². The Labute approximate surface area is 120 Å². The third-order valence-electron chi connectivity index (χ3n) is 5.15. The van der Waals surface area contributed by atoms with E-state index in [1.54, 1.807) is 0 Å². The lowest BCUT2D eigenvalue weighted by atomic mass is 9.70. The van der Waals surface area contributed by atoms with Crippen molar-refractivity contribution in [2.45, 2.75) is 52.0 Å². The summed E-state index contributed by atoms with van der Waals surface area (Å²) < 4.78 is 0. The van der Waals surface area contributed by atoms with Gasteiger partial charge in [0.2, 0.25) is 5.91 Å². The quantitative estimate of drug-likeness (QED) is 0.821. The minimum absolute atomic E-state index is 0.0530. The topological polar surface area (TPSA) is 83.6 Å². The minimum atomic E-state index is -0.674. The van der Waals surface area contributed by atoms with Gasteiger partial charge in [-0.05, 0) is 43.4 Å². The van der Waals surface area contributed by atoms with E-state index in [1.807, 2.05) is 18.7 Å². The number of likely N-dealkylation sites (tertiary alicyclic amines) is 1. The highest BCUT2D eigenvalue weighted by molar-refractivity contribution is 5.82. The molecule has 0 aromatic rings. The van der Waals surface area contributed by atoms with Gasteiger partial charge in [-0.15, -0.1) is 0 Å². The first-order valence-electron chi connectivity index (χ1n) is 7.62. The van der Waals surface area contributed by atoms with E-state index in [2.05, 4.69) is 0 Å². The maximum Gasteiger partial charge on any atom is 0.306 e. The van der Waals surface area contributed by atoms with Crippen LogP contribution in [0.3, 0.4) is 0 Å². The summed E-state index contributed by atoms with van der Waals surface area (Å²) in [5, 5.41) is 9.06. The minimum Gasteiger partial charge on any atom is -0.481 e. The standard InChI is InChI=1S/C15H26N2O3/c1-10(2)12(16)13(18)17-8-7-15(9-17)5-3-11(4-6-15)14(19)20/h10-12H,3-9,16H2,1-2H3,(H,19,20)/t11?,12-,15?/m1/s1. The molecule has 1 amide bonds. The van der Waals surface area contributed by atoms with Crippen LogP contribution in [0.15, 0.2) is 0 Å². The van der Waals surface area contributed by atoms with Crippen molar-refractivity contribution in [2.24, 2.45) is 23.0 Å². The number of rotatable bonds is 3. The predicted molar refractivity (Wildman–Crippen MR) is 76.0 cm³/mol. The summed E-state index contributed by atoms with van der Waals surface area (Å²) in [6, 6.07) is -0.416. The lowest BCUT2D eigenvalue weighted by Gasteiger charge is -2.36. The Bertz CT molecular complexity index is 387. The average molecular weight is 282 g/mol. The summed E-state index contributed by atoms with van der Waals surface area (Å²) in [4.78, 5) is 25.2. The Kier molecular flexibility index (Phi) is 4.37. The summed E-state index contributed by atoms with van der Waals surface area (Å²) >= 11 is 0. The molecule has 1 saturated carbocycles. The number of nitrogens with zero attached hydrogens (tertiary/aromatic N) is 1. The summed E-state index contributed by atoms with van der Waals surface area (Å²) in [5.74, 6) is -0.657. The maximum atomic E-state index is 12.3. The third-order valence-corrected chi connectivity index (χ3v) is 5.15. The van der Waals surface area contributed by atoms with Gasteiger partial charge in [0, 0.05) is 13.1 Å². The van der Waals surface area contributed by atoms with Crippen LogP contribution in [0, 0.1) is 17.3 Å². The maximum absolute atomic E-state index is 12.3. The molecule has 1 heterocycles. The fourth-order valence-corrected chi connectivity index (χ4v) is 3.50. The molecule has 1 aliphatic carbocycles. The van der Waals surface area contributed by atoms with Gasteiger partial charge in [0.1, 0.15) is 0 Å². The monoisotopic (exact) mass is 282 g/mol. The second kappa shape index (κ2) is 5.72. The van der Waals surface area contributed by atoms with Crippen molar-refractivity contribution < 1.29 is 14.7 Å². The van der Waals surface area contributed by atoms with Gasteiger partial charge in [-0.2, -0.15) is 0 Å². The first-order chi connectivity index (χ1) is 9.34. The van der Waals surface area contributed by atoms with Crippen molar-refractivity contribution >= 4 is 11.9 Å². The van der Waals surface area contributed by atoms with Gasteiger partial charge in [0.25, 0.3) is 0 Å². The molecule has 1 aliphatic heterocycles. The van der Waals surface area contributed by atoms with E-state index in [-0.39, 0.29) is 23.2 Å². The zero-order valence-electron chi connectivity index (χ0n) is 12.5. The van der Waals surface area contributed by atoms with Crippen LogP contribution >= 0.6 is 0 Å². The number of aliphatic carboxylic acids is 1. The Balaban J connectivity index is 1.93. The summed E-state index contributed by atoms with van der Waals surface area (Å²) in [5.41, 5.74) is 6.10.